The SMILES string of the molecule is CCC/C=C1\OC(=O)C2=C1CC[C@@H]([C@H]1C=C3C(=O)O/C(=C\CCC)[C@@H]3CC1)C2. The van der Waals surface area contributed by atoms with Crippen LogP contribution in [0.3, 0.4) is 0 Å². The van der Waals surface area contributed by atoms with Crippen LogP contribution in [0.4, 0.5) is 0 Å². The highest BCUT2D eigenvalue weighted by Crippen LogP contribution is 2.47. The number of ether oxygens (including phenoxy) is 2. The van der Waals surface area contributed by atoms with E-state index >= 15 is 0 Å². The van der Waals surface area contributed by atoms with Crippen LogP contribution in [0.25, 0.3) is 0 Å². The van der Waals surface area contributed by atoms with Gasteiger partial charge in [-0.15, -0.1) is 0 Å². The fourth-order valence-corrected chi connectivity index (χ4v) is 5.01. The van der Waals surface area contributed by atoms with E-state index in [-0.39, 0.29) is 17.9 Å². The van der Waals surface area contributed by atoms with Crippen molar-refractivity contribution in [3.8, 4) is 0 Å². The summed E-state index contributed by atoms with van der Waals surface area (Å²) >= 11 is 0. The summed E-state index contributed by atoms with van der Waals surface area (Å²) in [6.45, 7) is 4.26. The molecule has 4 nitrogen and oxygen atoms in total. The van der Waals surface area contributed by atoms with Gasteiger partial charge in [-0.2, -0.15) is 0 Å². The number of allylic oxidation sites excluding steroid dienone is 5. The Labute approximate surface area is 167 Å². The predicted octanol–water partition coefficient (Wildman–Crippen LogP) is 5.52. The highest BCUT2D eigenvalue weighted by atomic mass is 16.5. The van der Waals surface area contributed by atoms with E-state index in [4.69, 9.17) is 9.47 Å². The van der Waals surface area contributed by atoms with Gasteiger partial charge >= 0.3 is 11.9 Å². The Balaban J connectivity index is 1.50. The number of esters is 2. The molecule has 0 saturated carbocycles. The number of fused-ring (bicyclic) bond motifs is 1. The quantitative estimate of drug-likeness (QED) is 0.588. The molecular formula is C24H30O4. The van der Waals surface area contributed by atoms with Gasteiger partial charge in [0.15, 0.2) is 0 Å². The molecule has 0 bridgehead atoms. The van der Waals surface area contributed by atoms with Crippen molar-refractivity contribution in [2.24, 2.45) is 17.8 Å². The minimum atomic E-state index is -0.169. The zero-order valence-corrected chi connectivity index (χ0v) is 17.0. The molecule has 1 saturated heterocycles. The average Bonchev–Trinajstić information content (AvgIpc) is 3.20. The second-order valence-electron chi connectivity index (χ2n) is 8.41. The molecule has 0 amide bonds. The molecule has 28 heavy (non-hydrogen) atoms. The topological polar surface area (TPSA) is 52.6 Å². The summed E-state index contributed by atoms with van der Waals surface area (Å²) in [5.74, 6) is 2.22. The molecule has 4 heteroatoms. The smallest absolute Gasteiger partial charge is 0.339 e. The van der Waals surface area contributed by atoms with Crippen LogP contribution in [0.5, 0.6) is 0 Å². The molecule has 0 unspecified atom stereocenters. The largest absolute Gasteiger partial charge is 0.427 e. The monoisotopic (exact) mass is 382 g/mol. The van der Waals surface area contributed by atoms with E-state index in [2.05, 4.69) is 32.1 Å². The highest BCUT2D eigenvalue weighted by Gasteiger charge is 2.42. The molecule has 2 heterocycles. The standard InChI is InChI=1S/C24H30O4/c1-3-5-7-21-17-11-9-15(13-19(17)23(25)27-21)16-10-12-18-20(14-16)24(26)28-22(18)8-6-4-2/h7-8,13,15-17H,3-6,9-12,14H2,1-2H3/b21-7-,22-8-/t15-,16-,17-/m1/s1. The number of unbranched alkanes of at least 4 members (excludes halogenated alkanes) is 2. The Bertz CT molecular complexity index is 795. The van der Waals surface area contributed by atoms with Gasteiger partial charge in [0.25, 0.3) is 0 Å². The van der Waals surface area contributed by atoms with Crippen LogP contribution >= 0.6 is 0 Å². The minimum Gasteiger partial charge on any atom is -0.427 e. The van der Waals surface area contributed by atoms with Crippen molar-refractivity contribution in [2.75, 3.05) is 0 Å². The molecule has 3 atom stereocenters. The first-order valence-electron chi connectivity index (χ1n) is 10.9. The third kappa shape index (κ3) is 3.49. The summed E-state index contributed by atoms with van der Waals surface area (Å²) in [6, 6.07) is 0. The van der Waals surface area contributed by atoms with Crippen molar-refractivity contribution in [1.82, 2.24) is 0 Å². The van der Waals surface area contributed by atoms with Crippen LogP contribution in [0.15, 0.2) is 46.5 Å². The van der Waals surface area contributed by atoms with Gasteiger partial charge in [0.05, 0.1) is 0 Å². The maximum absolute atomic E-state index is 12.4. The first kappa shape index (κ1) is 19.2. The van der Waals surface area contributed by atoms with Crippen LogP contribution in [0, 0.1) is 17.8 Å². The number of hydrogen-bond acceptors (Lipinski definition) is 4. The first-order chi connectivity index (χ1) is 13.6. The molecule has 2 aliphatic heterocycles. The van der Waals surface area contributed by atoms with Gasteiger partial charge in [-0.1, -0.05) is 32.8 Å². The molecule has 0 aromatic heterocycles. The number of rotatable bonds is 5. The lowest BCUT2D eigenvalue weighted by atomic mass is 9.71. The van der Waals surface area contributed by atoms with E-state index in [0.29, 0.717) is 11.8 Å². The van der Waals surface area contributed by atoms with Gasteiger partial charge in [0.1, 0.15) is 11.5 Å². The highest BCUT2D eigenvalue weighted by molar-refractivity contribution is 5.95. The van der Waals surface area contributed by atoms with Crippen LogP contribution in [-0.4, -0.2) is 11.9 Å². The normalized spacial score (nSPS) is 32.4. The molecule has 0 aromatic rings. The second-order valence-corrected chi connectivity index (χ2v) is 8.41. The zero-order valence-electron chi connectivity index (χ0n) is 17.0. The van der Waals surface area contributed by atoms with Crippen molar-refractivity contribution in [1.29, 1.82) is 0 Å². The Morgan fingerprint density at radius 3 is 2.54 bits per heavy atom. The lowest BCUT2D eigenvalue weighted by Crippen LogP contribution is -2.24. The van der Waals surface area contributed by atoms with Crippen molar-refractivity contribution in [3.05, 3.63) is 46.5 Å². The predicted molar refractivity (Wildman–Crippen MR) is 107 cm³/mol. The summed E-state index contributed by atoms with van der Waals surface area (Å²) in [5, 5.41) is 0. The number of carbonyl (C=O) groups excluding carboxylic acids is 2. The number of hydrogen-bond donors (Lipinski definition) is 0. The summed E-state index contributed by atoms with van der Waals surface area (Å²) < 4.78 is 11.1. The lowest BCUT2D eigenvalue weighted by molar-refractivity contribution is -0.134. The summed E-state index contributed by atoms with van der Waals surface area (Å²) in [6.07, 6.45) is 15.0. The Morgan fingerprint density at radius 1 is 0.964 bits per heavy atom. The molecule has 0 aromatic carbocycles. The van der Waals surface area contributed by atoms with E-state index in [0.717, 1.165) is 86.0 Å². The third-order valence-electron chi connectivity index (χ3n) is 6.55. The van der Waals surface area contributed by atoms with Crippen LogP contribution < -0.4 is 0 Å². The maximum atomic E-state index is 12.4. The van der Waals surface area contributed by atoms with E-state index in [1.165, 1.54) is 0 Å². The van der Waals surface area contributed by atoms with Gasteiger partial charge in [0.2, 0.25) is 0 Å². The average molecular weight is 383 g/mol. The van der Waals surface area contributed by atoms with Gasteiger partial charge in [0, 0.05) is 22.6 Å². The molecular weight excluding hydrogens is 352 g/mol. The molecule has 2 aliphatic carbocycles. The zero-order chi connectivity index (χ0) is 19.7. The Morgan fingerprint density at radius 2 is 1.75 bits per heavy atom. The Hall–Kier alpha value is -2.10. The number of cyclic esters (lactones) is 2. The van der Waals surface area contributed by atoms with Crippen molar-refractivity contribution in [2.45, 2.75) is 71.6 Å². The molecule has 0 radical (unpaired) electrons. The molecule has 0 N–H and O–H groups in total. The van der Waals surface area contributed by atoms with E-state index < -0.39 is 0 Å². The molecule has 0 spiro atoms. The van der Waals surface area contributed by atoms with Gasteiger partial charge in [-0.25, -0.2) is 9.59 Å². The van der Waals surface area contributed by atoms with Crippen molar-refractivity contribution < 1.29 is 19.1 Å². The van der Waals surface area contributed by atoms with Crippen LogP contribution in [0.2, 0.25) is 0 Å². The van der Waals surface area contributed by atoms with E-state index in [1.807, 2.05) is 0 Å². The molecule has 4 rings (SSSR count). The number of carbonyl (C=O) groups is 2. The fourth-order valence-electron chi connectivity index (χ4n) is 5.01. The summed E-state index contributed by atoms with van der Waals surface area (Å²) in [7, 11) is 0. The second kappa shape index (κ2) is 8.10. The summed E-state index contributed by atoms with van der Waals surface area (Å²) in [4.78, 5) is 24.7. The molecule has 150 valence electrons. The molecule has 1 fully saturated rings. The van der Waals surface area contributed by atoms with Crippen LogP contribution in [0.1, 0.15) is 71.6 Å². The first-order valence-corrected chi connectivity index (χ1v) is 10.9. The lowest BCUT2D eigenvalue weighted by Gasteiger charge is -2.32. The van der Waals surface area contributed by atoms with Crippen LogP contribution in [-0.2, 0) is 19.1 Å². The minimum absolute atomic E-state index is 0.147. The van der Waals surface area contributed by atoms with Gasteiger partial charge < -0.3 is 9.47 Å². The van der Waals surface area contributed by atoms with E-state index in [9.17, 15) is 9.59 Å². The van der Waals surface area contributed by atoms with Gasteiger partial charge in [-0.3, -0.25) is 0 Å². The van der Waals surface area contributed by atoms with Gasteiger partial charge in [-0.05, 0) is 68.9 Å². The summed E-state index contributed by atoms with van der Waals surface area (Å²) in [5.41, 5.74) is 2.84. The Kier molecular flexibility index (Phi) is 5.56. The van der Waals surface area contributed by atoms with Crippen molar-refractivity contribution in [3.63, 3.8) is 0 Å². The van der Waals surface area contributed by atoms with Crippen molar-refractivity contribution >= 4 is 11.9 Å². The fraction of sp³-hybridized carbons (Fsp3) is 0.583. The maximum Gasteiger partial charge on any atom is 0.339 e. The molecule has 4 aliphatic rings. The third-order valence-corrected chi connectivity index (χ3v) is 6.55. The van der Waals surface area contributed by atoms with E-state index in [1.54, 1.807) is 0 Å².